The second kappa shape index (κ2) is 8.35. The molecule has 0 saturated heterocycles. The molecule has 1 heterocycles. The first kappa shape index (κ1) is 15.4. The van der Waals surface area contributed by atoms with Gasteiger partial charge in [-0.2, -0.15) is 0 Å². The Balaban J connectivity index is 1.63. The van der Waals surface area contributed by atoms with E-state index in [0.717, 1.165) is 12.8 Å². The third kappa shape index (κ3) is 5.50. The van der Waals surface area contributed by atoms with E-state index >= 15 is 0 Å². The molecule has 0 bridgehead atoms. The van der Waals surface area contributed by atoms with Gasteiger partial charge in [0.25, 0.3) is 0 Å². The van der Waals surface area contributed by atoms with Crippen LogP contribution in [-0.4, -0.2) is 23.2 Å². The molecule has 4 nitrogen and oxygen atoms in total. The van der Waals surface area contributed by atoms with Crippen LogP contribution in [0.5, 0.6) is 0 Å². The molecule has 2 rings (SSSR count). The van der Waals surface area contributed by atoms with Crippen LogP contribution < -0.4 is 5.32 Å². The maximum atomic E-state index is 11.8. The van der Waals surface area contributed by atoms with E-state index in [1.165, 1.54) is 31.0 Å². The molecular weight excluding hydrogens is 264 g/mol. The molecule has 21 heavy (non-hydrogen) atoms. The van der Waals surface area contributed by atoms with Gasteiger partial charge in [-0.05, 0) is 44.2 Å². The first-order valence-corrected chi connectivity index (χ1v) is 7.63. The molecule has 1 N–H and O–H groups in total. The van der Waals surface area contributed by atoms with Gasteiger partial charge < -0.3 is 5.32 Å². The van der Waals surface area contributed by atoms with E-state index in [1.54, 1.807) is 18.3 Å². The molecule has 0 spiro atoms. The molecule has 4 heteroatoms. The molecule has 0 aromatic carbocycles. The number of nitrogens with one attached hydrogen (secondary N) is 1. The van der Waals surface area contributed by atoms with Crippen LogP contribution in [0.1, 0.15) is 55.3 Å². The average molecular weight is 286 g/mol. The van der Waals surface area contributed by atoms with Gasteiger partial charge in [0, 0.05) is 37.3 Å². The van der Waals surface area contributed by atoms with Gasteiger partial charge >= 0.3 is 0 Å². The second-order valence-corrected chi connectivity index (χ2v) is 5.37. The lowest BCUT2D eigenvalue weighted by Crippen LogP contribution is -2.25. The largest absolute Gasteiger partial charge is 0.356 e. The van der Waals surface area contributed by atoms with Crippen molar-refractivity contribution in [3.8, 4) is 0 Å². The summed E-state index contributed by atoms with van der Waals surface area (Å²) in [7, 11) is 0. The zero-order chi connectivity index (χ0) is 14.9. The summed E-state index contributed by atoms with van der Waals surface area (Å²) < 4.78 is 0. The number of aromatic nitrogens is 1. The standard InChI is InChI=1S/C17H22N2O2/c20-16(15-7-4-11-18-13-15)8-9-17(21)19-12-10-14-5-2-1-3-6-14/h4-5,7,11,13H,1-3,6,8-10,12H2,(H,19,21). The molecule has 1 aliphatic carbocycles. The van der Waals surface area contributed by atoms with Crippen LogP contribution in [0, 0.1) is 0 Å². The summed E-state index contributed by atoms with van der Waals surface area (Å²) in [4.78, 5) is 27.5. The Morgan fingerprint density at radius 2 is 2.14 bits per heavy atom. The van der Waals surface area contributed by atoms with Crippen molar-refractivity contribution in [2.45, 2.75) is 44.9 Å². The van der Waals surface area contributed by atoms with Gasteiger partial charge in [-0.25, -0.2) is 0 Å². The van der Waals surface area contributed by atoms with Crippen LogP contribution in [0.25, 0.3) is 0 Å². The molecule has 0 atom stereocenters. The topological polar surface area (TPSA) is 59.1 Å². The van der Waals surface area contributed by atoms with Crippen molar-refractivity contribution in [3.05, 3.63) is 41.7 Å². The minimum atomic E-state index is -0.0522. The highest BCUT2D eigenvalue weighted by molar-refractivity contribution is 5.97. The van der Waals surface area contributed by atoms with Crippen molar-refractivity contribution in [2.24, 2.45) is 0 Å². The average Bonchev–Trinajstić information content (AvgIpc) is 2.54. The SMILES string of the molecule is O=C(CCC(=O)c1cccnc1)NCCC1=CCCCC1. The van der Waals surface area contributed by atoms with Crippen molar-refractivity contribution >= 4 is 11.7 Å². The molecular formula is C17H22N2O2. The van der Waals surface area contributed by atoms with Gasteiger partial charge in [0.05, 0.1) is 0 Å². The molecule has 112 valence electrons. The smallest absolute Gasteiger partial charge is 0.220 e. The van der Waals surface area contributed by atoms with Crippen LogP contribution in [-0.2, 0) is 4.79 Å². The number of Topliss-reactive ketones (excluding diaryl/α,β-unsaturated/α-hetero) is 1. The molecule has 1 aliphatic rings. The number of carbonyl (C=O) groups excluding carboxylic acids is 2. The first-order valence-electron chi connectivity index (χ1n) is 7.63. The number of carbonyl (C=O) groups is 2. The van der Waals surface area contributed by atoms with E-state index < -0.39 is 0 Å². The van der Waals surface area contributed by atoms with E-state index in [1.807, 2.05) is 0 Å². The van der Waals surface area contributed by atoms with Gasteiger partial charge in [-0.1, -0.05) is 11.6 Å². The van der Waals surface area contributed by atoms with E-state index in [2.05, 4.69) is 16.4 Å². The Morgan fingerprint density at radius 1 is 1.24 bits per heavy atom. The van der Waals surface area contributed by atoms with Gasteiger partial charge in [0.2, 0.25) is 5.91 Å². The highest BCUT2D eigenvalue weighted by atomic mass is 16.2. The monoisotopic (exact) mass is 286 g/mol. The van der Waals surface area contributed by atoms with Gasteiger partial charge in [-0.15, -0.1) is 0 Å². The number of allylic oxidation sites excluding steroid dienone is 1. The summed E-state index contributed by atoms with van der Waals surface area (Å²) in [6.07, 6.45) is 11.8. The number of hydrogen-bond acceptors (Lipinski definition) is 3. The van der Waals surface area contributed by atoms with E-state index in [-0.39, 0.29) is 24.5 Å². The summed E-state index contributed by atoms with van der Waals surface area (Å²) in [5.41, 5.74) is 2.02. The fourth-order valence-corrected chi connectivity index (χ4v) is 2.48. The summed E-state index contributed by atoms with van der Waals surface area (Å²) >= 11 is 0. The zero-order valence-electron chi connectivity index (χ0n) is 12.3. The van der Waals surface area contributed by atoms with Crippen LogP contribution >= 0.6 is 0 Å². The third-order valence-corrected chi connectivity index (χ3v) is 3.72. The minimum Gasteiger partial charge on any atom is -0.356 e. The molecule has 1 amide bonds. The van der Waals surface area contributed by atoms with Crippen molar-refractivity contribution in [1.29, 1.82) is 0 Å². The number of nitrogens with zero attached hydrogens (tertiary/aromatic N) is 1. The fourth-order valence-electron chi connectivity index (χ4n) is 2.48. The normalized spacial score (nSPS) is 14.4. The van der Waals surface area contributed by atoms with Crippen LogP contribution in [0.4, 0.5) is 0 Å². The maximum absolute atomic E-state index is 11.8. The Labute approximate surface area is 125 Å². The fraction of sp³-hybridized carbons (Fsp3) is 0.471. The van der Waals surface area contributed by atoms with Gasteiger partial charge in [0.1, 0.15) is 0 Å². The zero-order valence-corrected chi connectivity index (χ0v) is 12.3. The van der Waals surface area contributed by atoms with Crippen LogP contribution in [0.3, 0.4) is 0 Å². The minimum absolute atomic E-state index is 0.0340. The summed E-state index contributed by atoms with van der Waals surface area (Å²) in [5, 5.41) is 2.89. The lowest BCUT2D eigenvalue weighted by atomic mass is 9.97. The third-order valence-electron chi connectivity index (χ3n) is 3.72. The van der Waals surface area contributed by atoms with Crippen LogP contribution in [0.15, 0.2) is 36.2 Å². The Kier molecular flexibility index (Phi) is 6.13. The Hall–Kier alpha value is -1.97. The summed E-state index contributed by atoms with van der Waals surface area (Å²) in [6, 6.07) is 3.45. The van der Waals surface area contributed by atoms with Crippen molar-refractivity contribution in [2.75, 3.05) is 6.54 Å². The molecule has 0 aliphatic heterocycles. The van der Waals surface area contributed by atoms with Crippen molar-refractivity contribution < 1.29 is 9.59 Å². The Bertz CT molecular complexity index is 509. The highest BCUT2D eigenvalue weighted by Crippen LogP contribution is 2.19. The molecule has 0 radical (unpaired) electrons. The highest BCUT2D eigenvalue weighted by Gasteiger charge is 2.09. The number of ketones is 1. The number of rotatable bonds is 7. The van der Waals surface area contributed by atoms with E-state index in [9.17, 15) is 9.59 Å². The van der Waals surface area contributed by atoms with Crippen molar-refractivity contribution in [3.63, 3.8) is 0 Å². The van der Waals surface area contributed by atoms with Crippen molar-refractivity contribution in [1.82, 2.24) is 10.3 Å². The Morgan fingerprint density at radius 3 is 2.86 bits per heavy atom. The number of hydrogen-bond donors (Lipinski definition) is 1. The predicted octanol–water partition coefficient (Wildman–Crippen LogP) is 3.05. The van der Waals surface area contributed by atoms with Gasteiger partial charge in [-0.3, -0.25) is 14.6 Å². The van der Waals surface area contributed by atoms with E-state index in [0.29, 0.717) is 12.1 Å². The first-order chi connectivity index (χ1) is 10.3. The lowest BCUT2D eigenvalue weighted by molar-refractivity contribution is -0.121. The second-order valence-electron chi connectivity index (χ2n) is 5.37. The van der Waals surface area contributed by atoms with Gasteiger partial charge in [0.15, 0.2) is 5.78 Å². The molecule has 0 saturated carbocycles. The number of amides is 1. The number of pyridine rings is 1. The molecule has 0 fully saturated rings. The molecule has 1 aromatic rings. The quantitative estimate of drug-likeness (QED) is 0.619. The predicted molar refractivity (Wildman–Crippen MR) is 82.0 cm³/mol. The van der Waals surface area contributed by atoms with E-state index in [4.69, 9.17) is 0 Å². The molecule has 0 unspecified atom stereocenters. The lowest BCUT2D eigenvalue weighted by Gasteiger charge is -2.12. The summed E-state index contributed by atoms with van der Waals surface area (Å²) in [5.74, 6) is -0.0862. The molecule has 1 aromatic heterocycles. The maximum Gasteiger partial charge on any atom is 0.220 e. The summed E-state index contributed by atoms with van der Waals surface area (Å²) in [6.45, 7) is 0.672. The van der Waals surface area contributed by atoms with Crippen LogP contribution in [0.2, 0.25) is 0 Å².